The molecule has 3 aromatic rings. The molecule has 24 heavy (non-hydrogen) atoms. The summed E-state index contributed by atoms with van der Waals surface area (Å²) in [6.07, 6.45) is 4.55. The maximum absolute atomic E-state index is 13.2. The van der Waals surface area contributed by atoms with Gasteiger partial charge < -0.3 is 9.67 Å². The second-order valence-electron chi connectivity index (χ2n) is 5.39. The Morgan fingerprint density at radius 2 is 1.88 bits per heavy atom. The smallest absolute Gasteiger partial charge is 0.341 e. The molecule has 0 amide bonds. The summed E-state index contributed by atoms with van der Waals surface area (Å²) in [5.41, 5.74) is 0.888. The van der Waals surface area contributed by atoms with Gasteiger partial charge in [0, 0.05) is 30.7 Å². The minimum Gasteiger partial charge on any atom is -0.477 e. The van der Waals surface area contributed by atoms with E-state index in [-0.39, 0.29) is 11.1 Å². The molecule has 2 heterocycles. The third-order valence-electron chi connectivity index (χ3n) is 3.79. The summed E-state index contributed by atoms with van der Waals surface area (Å²) in [4.78, 5) is 24.1. The number of pyridine rings is 1. The standard InChI is InChI=1S/C17H14FN3O3/c1-10-15(11-3-5-12(18)6-4-11)16(22)14(17(23)24)9-21(10)13-7-19-20(2)8-13/h3-9H,1-2H3,(H,23,24). The van der Waals surface area contributed by atoms with Crippen LogP contribution in [0.1, 0.15) is 16.1 Å². The minimum absolute atomic E-state index is 0.221. The molecule has 0 saturated heterocycles. The molecule has 1 N–H and O–H groups in total. The molecular formula is C17H14FN3O3. The first-order valence-corrected chi connectivity index (χ1v) is 7.13. The van der Waals surface area contributed by atoms with Crippen molar-refractivity contribution in [3.63, 3.8) is 0 Å². The number of aromatic carboxylic acids is 1. The molecule has 0 aliphatic rings. The minimum atomic E-state index is -1.32. The van der Waals surface area contributed by atoms with Crippen LogP contribution in [0.15, 0.2) is 47.7 Å². The van der Waals surface area contributed by atoms with Gasteiger partial charge in [-0.15, -0.1) is 0 Å². The normalized spacial score (nSPS) is 10.8. The second kappa shape index (κ2) is 5.77. The van der Waals surface area contributed by atoms with Crippen molar-refractivity contribution >= 4 is 5.97 Å². The molecule has 0 bridgehead atoms. The molecule has 122 valence electrons. The fourth-order valence-corrected chi connectivity index (χ4v) is 2.61. The number of carboxylic acids is 1. The van der Waals surface area contributed by atoms with E-state index < -0.39 is 17.2 Å². The summed E-state index contributed by atoms with van der Waals surface area (Å²) in [6, 6.07) is 5.38. The van der Waals surface area contributed by atoms with Crippen LogP contribution in [0.5, 0.6) is 0 Å². The Hall–Kier alpha value is -3.22. The molecule has 0 fully saturated rings. The number of hydrogen-bond donors (Lipinski definition) is 1. The van der Waals surface area contributed by atoms with Crippen LogP contribution in [-0.4, -0.2) is 25.4 Å². The predicted molar refractivity (Wildman–Crippen MR) is 85.9 cm³/mol. The van der Waals surface area contributed by atoms with Gasteiger partial charge in [-0.3, -0.25) is 9.48 Å². The van der Waals surface area contributed by atoms with E-state index in [4.69, 9.17) is 0 Å². The molecule has 0 radical (unpaired) electrons. The van der Waals surface area contributed by atoms with Crippen LogP contribution in [0.2, 0.25) is 0 Å². The van der Waals surface area contributed by atoms with Crippen molar-refractivity contribution in [2.45, 2.75) is 6.92 Å². The van der Waals surface area contributed by atoms with Gasteiger partial charge in [-0.05, 0) is 24.6 Å². The molecule has 7 heteroatoms. The maximum atomic E-state index is 13.2. The molecule has 1 aromatic carbocycles. The Morgan fingerprint density at radius 3 is 2.42 bits per heavy atom. The van der Waals surface area contributed by atoms with E-state index in [1.54, 1.807) is 35.6 Å². The lowest BCUT2D eigenvalue weighted by molar-refractivity contribution is 0.0695. The van der Waals surface area contributed by atoms with Gasteiger partial charge in [-0.2, -0.15) is 5.10 Å². The van der Waals surface area contributed by atoms with E-state index in [0.29, 0.717) is 16.9 Å². The van der Waals surface area contributed by atoms with Gasteiger partial charge in [0.05, 0.1) is 11.9 Å². The summed E-state index contributed by atoms with van der Waals surface area (Å²) in [5, 5.41) is 13.4. The molecular weight excluding hydrogens is 313 g/mol. The highest BCUT2D eigenvalue weighted by Gasteiger charge is 2.19. The highest BCUT2D eigenvalue weighted by atomic mass is 19.1. The molecule has 0 aliphatic carbocycles. The number of halogens is 1. The van der Waals surface area contributed by atoms with Crippen molar-refractivity contribution in [1.29, 1.82) is 0 Å². The van der Waals surface area contributed by atoms with E-state index in [2.05, 4.69) is 5.10 Å². The zero-order valence-corrected chi connectivity index (χ0v) is 13.0. The van der Waals surface area contributed by atoms with E-state index >= 15 is 0 Å². The van der Waals surface area contributed by atoms with Crippen LogP contribution in [0, 0.1) is 12.7 Å². The fourth-order valence-electron chi connectivity index (χ4n) is 2.61. The molecule has 0 atom stereocenters. The first-order chi connectivity index (χ1) is 11.4. The molecule has 0 saturated carbocycles. The van der Waals surface area contributed by atoms with Crippen LogP contribution in [0.3, 0.4) is 0 Å². The first-order valence-electron chi connectivity index (χ1n) is 7.13. The third kappa shape index (κ3) is 2.60. The van der Waals surface area contributed by atoms with Crippen LogP contribution in [0.4, 0.5) is 4.39 Å². The Labute approximate surface area is 136 Å². The predicted octanol–water partition coefficient (Wildman–Crippen LogP) is 2.38. The average molecular weight is 327 g/mol. The number of carboxylic acid groups (broad SMARTS) is 1. The van der Waals surface area contributed by atoms with E-state index in [0.717, 1.165) is 0 Å². The Balaban J connectivity index is 2.35. The molecule has 0 unspecified atom stereocenters. The number of aromatic nitrogens is 3. The van der Waals surface area contributed by atoms with Gasteiger partial charge in [-0.25, -0.2) is 9.18 Å². The largest absolute Gasteiger partial charge is 0.477 e. The van der Waals surface area contributed by atoms with E-state index in [9.17, 15) is 19.1 Å². The topological polar surface area (TPSA) is 77.1 Å². The number of hydrogen-bond acceptors (Lipinski definition) is 3. The summed E-state index contributed by atoms with van der Waals surface area (Å²) < 4.78 is 16.3. The Kier molecular flexibility index (Phi) is 3.76. The van der Waals surface area contributed by atoms with Crippen molar-refractivity contribution in [1.82, 2.24) is 14.3 Å². The highest BCUT2D eigenvalue weighted by molar-refractivity contribution is 5.89. The van der Waals surface area contributed by atoms with Gasteiger partial charge in [-0.1, -0.05) is 12.1 Å². The molecule has 3 rings (SSSR count). The first kappa shape index (κ1) is 15.7. The van der Waals surface area contributed by atoms with Crippen LogP contribution >= 0.6 is 0 Å². The SMILES string of the molecule is Cc1c(-c2ccc(F)cc2)c(=O)c(C(=O)O)cn1-c1cnn(C)c1. The quantitative estimate of drug-likeness (QED) is 0.801. The molecule has 2 aromatic heterocycles. The van der Waals surface area contributed by atoms with Crippen molar-refractivity contribution in [2.75, 3.05) is 0 Å². The number of nitrogens with zero attached hydrogens (tertiary/aromatic N) is 3. The Bertz CT molecular complexity index is 987. The lowest BCUT2D eigenvalue weighted by Gasteiger charge is -2.14. The summed E-state index contributed by atoms with van der Waals surface area (Å²) in [6.45, 7) is 1.71. The van der Waals surface area contributed by atoms with Crippen molar-refractivity contribution in [3.05, 3.63) is 70.2 Å². The zero-order valence-electron chi connectivity index (χ0n) is 13.0. The average Bonchev–Trinajstić information content (AvgIpc) is 2.95. The lowest BCUT2D eigenvalue weighted by atomic mass is 10.0. The molecule has 0 aliphatic heterocycles. The van der Waals surface area contributed by atoms with Gasteiger partial charge in [0.1, 0.15) is 11.4 Å². The van der Waals surface area contributed by atoms with Gasteiger partial charge in [0.2, 0.25) is 5.43 Å². The fraction of sp³-hybridized carbons (Fsp3) is 0.118. The van der Waals surface area contributed by atoms with Crippen LogP contribution < -0.4 is 5.43 Å². The van der Waals surface area contributed by atoms with Gasteiger partial charge in [0.25, 0.3) is 0 Å². The highest BCUT2D eigenvalue weighted by Crippen LogP contribution is 2.23. The van der Waals surface area contributed by atoms with Gasteiger partial charge >= 0.3 is 5.97 Å². The monoisotopic (exact) mass is 327 g/mol. The third-order valence-corrected chi connectivity index (χ3v) is 3.79. The Morgan fingerprint density at radius 1 is 1.21 bits per heavy atom. The van der Waals surface area contributed by atoms with Gasteiger partial charge in [0.15, 0.2) is 0 Å². The number of carbonyl (C=O) groups is 1. The van der Waals surface area contributed by atoms with E-state index in [1.165, 1.54) is 30.5 Å². The summed E-state index contributed by atoms with van der Waals surface area (Å²) >= 11 is 0. The number of rotatable bonds is 3. The lowest BCUT2D eigenvalue weighted by Crippen LogP contribution is -2.21. The zero-order chi connectivity index (χ0) is 17.4. The van der Waals surface area contributed by atoms with Crippen molar-refractivity contribution < 1.29 is 14.3 Å². The second-order valence-corrected chi connectivity index (χ2v) is 5.39. The van der Waals surface area contributed by atoms with Crippen LogP contribution in [-0.2, 0) is 7.05 Å². The summed E-state index contributed by atoms with van der Waals surface area (Å²) in [5.74, 6) is -1.75. The summed E-state index contributed by atoms with van der Waals surface area (Å²) in [7, 11) is 1.74. The maximum Gasteiger partial charge on any atom is 0.341 e. The number of benzene rings is 1. The van der Waals surface area contributed by atoms with Crippen LogP contribution in [0.25, 0.3) is 16.8 Å². The molecule has 6 nitrogen and oxygen atoms in total. The molecule has 0 spiro atoms. The van der Waals surface area contributed by atoms with E-state index in [1.807, 2.05) is 0 Å². The van der Waals surface area contributed by atoms with Crippen molar-refractivity contribution in [3.8, 4) is 16.8 Å². The number of aryl methyl sites for hydroxylation is 1. The van der Waals surface area contributed by atoms with Crippen molar-refractivity contribution in [2.24, 2.45) is 7.05 Å².